The van der Waals surface area contributed by atoms with E-state index in [0.717, 1.165) is 25.9 Å². The Balaban J connectivity index is 4.26. The maximum absolute atomic E-state index is 11.3. The van der Waals surface area contributed by atoms with E-state index < -0.39 is 0 Å². The molecule has 96 valence electrons. The zero-order valence-corrected chi connectivity index (χ0v) is 11.1. The molecular weight excluding hydrogens is 202 g/mol. The minimum absolute atomic E-state index is 0.228. The number of primary amides is 1. The first-order valence-electron chi connectivity index (χ1n) is 6.29. The molecule has 0 bridgehead atoms. The van der Waals surface area contributed by atoms with Crippen molar-refractivity contribution in [1.29, 1.82) is 0 Å². The van der Waals surface area contributed by atoms with Crippen LogP contribution in [0.4, 0.5) is 0 Å². The molecule has 0 aromatic carbocycles. The molecule has 3 N–H and O–H groups in total. The number of rotatable bonds is 9. The van der Waals surface area contributed by atoms with Gasteiger partial charge in [0.05, 0.1) is 6.04 Å². The van der Waals surface area contributed by atoms with Crippen LogP contribution in [0.3, 0.4) is 0 Å². The number of carbonyl (C=O) groups is 1. The molecule has 4 nitrogen and oxygen atoms in total. The summed E-state index contributed by atoms with van der Waals surface area (Å²) in [7, 11) is 0. The highest BCUT2D eigenvalue weighted by molar-refractivity contribution is 5.80. The number of hydrogen-bond donors (Lipinski definition) is 2. The summed E-state index contributed by atoms with van der Waals surface area (Å²) >= 11 is 0. The van der Waals surface area contributed by atoms with Gasteiger partial charge in [-0.1, -0.05) is 13.8 Å². The van der Waals surface area contributed by atoms with Gasteiger partial charge in [-0.25, -0.2) is 0 Å². The molecule has 0 aliphatic rings. The molecule has 1 unspecified atom stereocenters. The Bertz CT molecular complexity index is 195. The Labute approximate surface area is 99.6 Å². The smallest absolute Gasteiger partial charge is 0.235 e. The normalized spacial score (nSPS) is 13.4. The van der Waals surface area contributed by atoms with Crippen LogP contribution in [0.5, 0.6) is 0 Å². The number of nitrogens with one attached hydrogen (secondary N) is 1. The van der Waals surface area contributed by atoms with Crippen LogP contribution < -0.4 is 11.1 Å². The Kier molecular flexibility index (Phi) is 8.21. The average Bonchev–Trinajstić information content (AvgIpc) is 2.21. The predicted molar refractivity (Wildman–Crippen MR) is 68.3 cm³/mol. The van der Waals surface area contributed by atoms with E-state index in [1.165, 1.54) is 0 Å². The lowest BCUT2D eigenvalue weighted by Gasteiger charge is -2.29. The Hall–Kier alpha value is -0.610. The van der Waals surface area contributed by atoms with E-state index in [-0.39, 0.29) is 11.9 Å². The van der Waals surface area contributed by atoms with Crippen LogP contribution in [0.15, 0.2) is 0 Å². The van der Waals surface area contributed by atoms with E-state index in [0.29, 0.717) is 12.6 Å². The van der Waals surface area contributed by atoms with Crippen molar-refractivity contribution in [2.75, 3.05) is 19.6 Å². The van der Waals surface area contributed by atoms with Crippen molar-refractivity contribution in [3.05, 3.63) is 0 Å². The van der Waals surface area contributed by atoms with Gasteiger partial charge in [-0.15, -0.1) is 0 Å². The standard InChI is InChI=1S/C12H27N3O/c1-5-7-14-11(12(13)16)9-15(8-6-2)10(3)4/h10-11,14H,5-9H2,1-4H3,(H2,13,16). The van der Waals surface area contributed by atoms with Crippen LogP contribution >= 0.6 is 0 Å². The lowest BCUT2D eigenvalue weighted by molar-refractivity contribution is -0.120. The minimum atomic E-state index is -0.254. The van der Waals surface area contributed by atoms with Gasteiger partial charge in [0.2, 0.25) is 5.91 Å². The van der Waals surface area contributed by atoms with Crippen molar-refractivity contribution < 1.29 is 4.79 Å². The number of carbonyl (C=O) groups excluding carboxylic acids is 1. The van der Waals surface area contributed by atoms with Crippen molar-refractivity contribution in [1.82, 2.24) is 10.2 Å². The SMILES string of the molecule is CCCNC(CN(CCC)C(C)C)C(N)=O. The Morgan fingerprint density at radius 2 is 1.94 bits per heavy atom. The third kappa shape index (κ3) is 6.08. The zero-order valence-electron chi connectivity index (χ0n) is 11.1. The fourth-order valence-corrected chi connectivity index (χ4v) is 1.66. The highest BCUT2D eigenvalue weighted by Crippen LogP contribution is 2.01. The van der Waals surface area contributed by atoms with Crippen LogP contribution in [-0.4, -0.2) is 42.5 Å². The molecule has 0 aliphatic heterocycles. The largest absolute Gasteiger partial charge is 0.368 e. The summed E-state index contributed by atoms with van der Waals surface area (Å²) in [6, 6.07) is 0.221. The molecule has 16 heavy (non-hydrogen) atoms. The van der Waals surface area contributed by atoms with E-state index in [2.05, 4.69) is 37.9 Å². The lowest BCUT2D eigenvalue weighted by Crippen LogP contribution is -2.51. The summed E-state index contributed by atoms with van der Waals surface area (Å²) in [4.78, 5) is 13.6. The summed E-state index contributed by atoms with van der Waals surface area (Å²) in [5, 5.41) is 3.20. The number of amides is 1. The zero-order chi connectivity index (χ0) is 12.6. The number of hydrogen-bond acceptors (Lipinski definition) is 3. The van der Waals surface area contributed by atoms with Gasteiger partial charge < -0.3 is 11.1 Å². The second-order valence-electron chi connectivity index (χ2n) is 4.50. The Morgan fingerprint density at radius 1 is 1.31 bits per heavy atom. The lowest BCUT2D eigenvalue weighted by atomic mass is 10.2. The molecule has 0 rings (SSSR count). The molecule has 0 fully saturated rings. The fourth-order valence-electron chi connectivity index (χ4n) is 1.66. The van der Waals surface area contributed by atoms with Crippen molar-refractivity contribution in [3.63, 3.8) is 0 Å². The molecule has 0 aliphatic carbocycles. The van der Waals surface area contributed by atoms with E-state index in [9.17, 15) is 4.79 Å². The number of nitrogens with zero attached hydrogens (tertiary/aromatic N) is 1. The van der Waals surface area contributed by atoms with Crippen LogP contribution in [0, 0.1) is 0 Å². The molecular formula is C12H27N3O. The average molecular weight is 229 g/mol. The quantitative estimate of drug-likeness (QED) is 0.619. The molecule has 0 saturated heterocycles. The monoisotopic (exact) mass is 229 g/mol. The second-order valence-corrected chi connectivity index (χ2v) is 4.50. The van der Waals surface area contributed by atoms with Gasteiger partial charge in [0.15, 0.2) is 0 Å². The molecule has 4 heteroatoms. The molecule has 0 aromatic rings. The predicted octanol–water partition coefficient (Wildman–Crippen LogP) is 0.960. The highest BCUT2D eigenvalue weighted by Gasteiger charge is 2.19. The van der Waals surface area contributed by atoms with E-state index in [4.69, 9.17) is 5.73 Å². The third-order valence-electron chi connectivity index (χ3n) is 2.64. The van der Waals surface area contributed by atoms with Crippen molar-refractivity contribution in [2.24, 2.45) is 5.73 Å². The summed E-state index contributed by atoms with van der Waals surface area (Å²) in [5.41, 5.74) is 5.39. The van der Waals surface area contributed by atoms with E-state index in [1.807, 2.05) is 0 Å². The van der Waals surface area contributed by atoms with Gasteiger partial charge >= 0.3 is 0 Å². The maximum Gasteiger partial charge on any atom is 0.235 e. The second kappa shape index (κ2) is 8.53. The maximum atomic E-state index is 11.3. The molecule has 0 saturated carbocycles. The minimum Gasteiger partial charge on any atom is -0.368 e. The first-order valence-corrected chi connectivity index (χ1v) is 6.29. The first-order chi connectivity index (χ1) is 7.52. The van der Waals surface area contributed by atoms with Gasteiger partial charge in [0, 0.05) is 12.6 Å². The summed E-state index contributed by atoms with van der Waals surface area (Å²) in [6.07, 6.45) is 2.11. The summed E-state index contributed by atoms with van der Waals surface area (Å²) in [5.74, 6) is -0.254. The van der Waals surface area contributed by atoms with E-state index in [1.54, 1.807) is 0 Å². The highest BCUT2D eigenvalue weighted by atomic mass is 16.1. The first kappa shape index (κ1) is 15.4. The third-order valence-corrected chi connectivity index (χ3v) is 2.64. The van der Waals surface area contributed by atoms with Gasteiger partial charge in [-0.3, -0.25) is 9.69 Å². The molecule has 1 amide bonds. The van der Waals surface area contributed by atoms with Crippen LogP contribution in [0.2, 0.25) is 0 Å². The van der Waals surface area contributed by atoms with Crippen LogP contribution in [0.25, 0.3) is 0 Å². The summed E-state index contributed by atoms with van der Waals surface area (Å²) < 4.78 is 0. The van der Waals surface area contributed by atoms with E-state index >= 15 is 0 Å². The molecule has 0 aromatic heterocycles. The molecule has 0 heterocycles. The van der Waals surface area contributed by atoms with Crippen molar-refractivity contribution >= 4 is 5.91 Å². The molecule has 0 spiro atoms. The van der Waals surface area contributed by atoms with Gasteiger partial charge in [-0.2, -0.15) is 0 Å². The van der Waals surface area contributed by atoms with Crippen molar-refractivity contribution in [3.8, 4) is 0 Å². The molecule has 0 radical (unpaired) electrons. The fraction of sp³-hybridized carbons (Fsp3) is 0.917. The van der Waals surface area contributed by atoms with Crippen molar-refractivity contribution in [2.45, 2.75) is 52.6 Å². The van der Waals surface area contributed by atoms with Crippen LogP contribution in [0.1, 0.15) is 40.5 Å². The van der Waals surface area contributed by atoms with Crippen LogP contribution in [-0.2, 0) is 4.79 Å². The van der Waals surface area contributed by atoms with Gasteiger partial charge in [0.25, 0.3) is 0 Å². The summed E-state index contributed by atoms with van der Waals surface area (Å²) in [6.45, 7) is 11.1. The Morgan fingerprint density at radius 3 is 2.31 bits per heavy atom. The van der Waals surface area contributed by atoms with Gasteiger partial charge in [0.1, 0.15) is 0 Å². The van der Waals surface area contributed by atoms with Gasteiger partial charge in [-0.05, 0) is 39.8 Å². The molecule has 1 atom stereocenters. The number of nitrogens with two attached hydrogens (primary N) is 1. The topological polar surface area (TPSA) is 58.4 Å².